The Morgan fingerprint density at radius 1 is 1.00 bits per heavy atom. The van der Waals surface area contributed by atoms with Gasteiger partial charge in [-0.3, -0.25) is 4.79 Å². The monoisotopic (exact) mass is 420 g/mol. The average molecular weight is 421 g/mol. The highest BCUT2D eigenvalue weighted by molar-refractivity contribution is 7.52. The zero-order chi connectivity index (χ0) is 19.5. The summed E-state index contributed by atoms with van der Waals surface area (Å²) in [7, 11) is -7.17. The van der Waals surface area contributed by atoms with Crippen LogP contribution in [-0.4, -0.2) is 36.6 Å². The van der Waals surface area contributed by atoms with E-state index >= 15 is 0 Å². The molecule has 0 aromatic carbocycles. The van der Waals surface area contributed by atoms with Crippen LogP contribution in [0.1, 0.15) is 5.76 Å². The Morgan fingerprint density at radius 2 is 1.52 bits per heavy atom. The highest BCUT2D eigenvalue weighted by atomic mass is 31.2. The number of hydrogen-bond acceptors (Lipinski definition) is 5. The second-order valence-corrected chi connectivity index (χ2v) is 24.6. The molecule has 0 N–H and O–H groups in total. The third kappa shape index (κ3) is 9.86. The third-order valence-corrected chi connectivity index (χ3v) is 10.2. The van der Waals surface area contributed by atoms with Crippen molar-refractivity contribution in [2.45, 2.75) is 71.0 Å². The van der Waals surface area contributed by atoms with Gasteiger partial charge >= 0.3 is 5.97 Å². The quantitative estimate of drug-likeness (QED) is 0.385. The maximum atomic E-state index is 13.0. The summed E-state index contributed by atoms with van der Waals surface area (Å²) in [4.78, 5) is 13.0. The van der Waals surface area contributed by atoms with E-state index < -0.39 is 39.0 Å². The molecule has 144 valence electrons. The molecule has 0 aliphatic rings. The zero-order valence-electron chi connectivity index (χ0n) is 17.0. The van der Waals surface area contributed by atoms with Gasteiger partial charge in [-0.1, -0.05) is 0 Å². The molecule has 0 spiro atoms. The summed E-state index contributed by atoms with van der Waals surface area (Å²) in [5.74, 6) is 0.529. The van der Waals surface area contributed by atoms with E-state index in [4.69, 9.17) is 17.3 Å². The SMILES string of the molecule is C[Si](C)(C)OC(=O)C(Cc1ccco1)P(O[Si](C)(C)C)O[Si](C)(C)C. The minimum absolute atomic E-state index is 0.224. The molecule has 9 heteroatoms. The van der Waals surface area contributed by atoms with Crippen molar-refractivity contribution >= 4 is 39.3 Å². The Balaban J connectivity index is 3.14. The predicted octanol–water partition coefficient (Wildman–Crippen LogP) is 5.58. The fourth-order valence-corrected chi connectivity index (χ4v) is 9.14. The number of furan rings is 1. The third-order valence-electron chi connectivity index (χ3n) is 2.64. The molecule has 0 bridgehead atoms. The van der Waals surface area contributed by atoms with E-state index in [-0.39, 0.29) is 5.97 Å². The summed E-state index contributed by atoms with van der Waals surface area (Å²) >= 11 is 0. The van der Waals surface area contributed by atoms with Crippen LogP contribution >= 0.6 is 8.38 Å². The zero-order valence-corrected chi connectivity index (χ0v) is 20.9. The molecule has 1 atom stereocenters. The van der Waals surface area contributed by atoms with Crippen molar-refractivity contribution in [1.82, 2.24) is 0 Å². The Hall–Kier alpha value is -0.249. The standard InChI is InChI=1S/C16H33O5PSi3/c1-23(2,3)19-16(17)15(13-14-11-10-12-18-14)22(20-24(4,5)6)21-25(7,8)9/h10-12,15H,13H2,1-9H3. The molecule has 1 heterocycles. The maximum absolute atomic E-state index is 13.0. The lowest BCUT2D eigenvalue weighted by atomic mass is 10.2. The molecule has 1 aromatic heterocycles. The summed E-state index contributed by atoms with van der Waals surface area (Å²) in [5, 5.41) is 0. The molecule has 0 saturated carbocycles. The molecule has 0 amide bonds. The summed E-state index contributed by atoms with van der Waals surface area (Å²) in [6, 6.07) is 3.71. The largest absolute Gasteiger partial charge is 0.519 e. The van der Waals surface area contributed by atoms with E-state index in [1.165, 1.54) is 0 Å². The van der Waals surface area contributed by atoms with Gasteiger partial charge in [0.1, 0.15) is 11.4 Å². The van der Waals surface area contributed by atoms with Gasteiger partial charge in [-0.25, -0.2) is 0 Å². The molecule has 0 fully saturated rings. The molecule has 0 aliphatic heterocycles. The van der Waals surface area contributed by atoms with E-state index in [1.807, 2.05) is 31.8 Å². The van der Waals surface area contributed by atoms with E-state index in [9.17, 15) is 4.79 Å². The van der Waals surface area contributed by atoms with Crippen molar-refractivity contribution in [2.24, 2.45) is 0 Å². The van der Waals surface area contributed by atoms with E-state index in [1.54, 1.807) is 6.26 Å². The first-order valence-corrected chi connectivity index (χ1v) is 20.1. The lowest BCUT2D eigenvalue weighted by Gasteiger charge is -2.35. The number of hydrogen-bond donors (Lipinski definition) is 0. The van der Waals surface area contributed by atoms with Crippen molar-refractivity contribution in [1.29, 1.82) is 0 Å². The van der Waals surface area contributed by atoms with Crippen LogP contribution in [0.3, 0.4) is 0 Å². The Bertz CT molecular complexity index is 528. The van der Waals surface area contributed by atoms with Crippen LogP contribution in [0.4, 0.5) is 0 Å². The van der Waals surface area contributed by atoms with Gasteiger partial charge in [0.05, 0.1) is 6.26 Å². The number of rotatable bonds is 9. The van der Waals surface area contributed by atoms with Gasteiger partial charge in [0.25, 0.3) is 0 Å². The molecular formula is C16H33O5PSi3. The van der Waals surface area contributed by atoms with Crippen LogP contribution in [0.15, 0.2) is 22.8 Å². The second kappa shape index (κ2) is 8.63. The fourth-order valence-electron chi connectivity index (χ4n) is 1.92. The topological polar surface area (TPSA) is 57.9 Å². The van der Waals surface area contributed by atoms with Gasteiger partial charge in [0, 0.05) is 6.42 Å². The fraction of sp³-hybridized carbons (Fsp3) is 0.688. The summed E-state index contributed by atoms with van der Waals surface area (Å²) in [5.41, 5.74) is -0.466. The Morgan fingerprint density at radius 3 is 1.88 bits per heavy atom. The van der Waals surface area contributed by atoms with Gasteiger partial charge in [-0.05, 0) is 71.1 Å². The van der Waals surface area contributed by atoms with Gasteiger partial charge < -0.3 is 17.3 Å². The van der Waals surface area contributed by atoms with Crippen molar-refractivity contribution < 1.29 is 22.1 Å². The van der Waals surface area contributed by atoms with E-state index in [0.717, 1.165) is 5.76 Å². The predicted molar refractivity (Wildman–Crippen MR) is 111 cm³/mol. The first kappa shape index (κ1) is 22.8. The van der Waals surface area contributed by atoms with Crippen molar-refractivity contribution in [3.63, 3.8) is 0 Å². The molecule has 1 unspecified atom stereocenters. The molecule has 1 aromatic rings. The van der Waals surface area contributed by atoms with Crippen molar-refractivity contribution in [2.75, 3.05) is 0 Å². The average Bonchev–Trinajstić information content (AvgIpc) is 2.81. The van der Waals surface area contributed by atoms with Gasteiger partial charge in [-0.15, -0.1) is 0 Å². The Labute approximate surface area is 156 Å². The van der Waals surface area contributed by atoms with Crippen LogP contribution in [0.5, 0.6) is 0 Å². The first-order valence-electron chi connectivity index (χ1n) is 8.59. The van der Waals surface area contributed by atoms with Gasteiger partial charge in [0.2, 0.25) is 8.32 Å². The highest BCUT2D eigenvalue weighted by Crippen LogP contribution is 2.50. The molecule has 0 aliphatic carbocycles. The van der Waals surface area contributed by atoms with Crippen LogP contribution in [0.2, 0.25) is 58.9 Å². The van der Waals surface area contributed by atoms with E-state index in [0.29, 0.717) is 6.42 Å². The van der Waals surface area contributed by atoms with E-state index in [2.05, 4.69) is 39.3 Å². The molecule has 0 saturated heterocycles. The molecule has 5 nitrogen and oxygen atoms in total. The second-order valence-electron chi connectivity index (χ2n) is 9.03. The highest BCUT2D eigenvalue weighted by Gasteiger charge is 2.40. The normalized spacial score (nSPS) is 14.6. The lowest BCUT2D eigenvalue weighted by Crippen LogP contribution is -2.39. The number of carbonyl (C=O) groups excluding carboxylic acids is 1. The minimum atomic E-state index is -2.01. The van der Waals surface area contributed by atoms with Crippen LogP contribution in [0, 0.1) is 0 Å². The van der Waals surface area contributed by atoms with Crippen molar-refractivity contribution in [3.8, 4) is 0 Å². The number of carbonyl (C=O) groups is 1. The summed E-state index contributed by atoms with van der Waals surface area (Å²) < 4.78 is 24.0. The molecular weight excluding hydrogens is 387 g/mol. The smallest absolute Gasteiger partial charge is 0.305 e. The Kier molecular flexibility index (Phi) is 7.86. The van der Waals surface area contributed by atoms with Crippen LogP contribution in [-0.2, 0) is 24.1 Å². The van der Waals surface area contributed by atoms with Crippen LogP contribution in [0.25, 0.3) is 0 Å². The molecule has 1 rings (SSSR count). The summed E-state index contributed by atoms with van der Waals surface area (Å²) in [6.07, 6.45) is 2.06. The summed E-state index contributed by atoms with van der Waals surface area (Å²) in [6.45, 7) is 18.7. The minimum Gasteiger partial charge on any atom is -0.519 e. The van der Waals surface area contributed by atoms with Gasteiger partial charge in [-0.2, -0.15) is 0 Å². The molecule has 25 heavy (non-hydrogen) atoms. The van der Waals surface area contributed by atoms with Crippen LogP contribution < -0.4 is 0 Å². The lowest BCUT2D eigenvalue weighted by molar-refractivity contribution is -0.134. The first-order chi connectivity index (χ1) is 11.2. The molecule has 0 radical (unpaired) electrons. The van der Waals surface area contributed by atoms with Gasteiger partial charge in [0.15, 0.2) is 25.0 Å². The maximum Gasteiger partial charge on any atom is 0.305 e. The van der Waals surface area contributed by atoms with Crippen molar-refractivity contribution in [3.05, 3.63) is 24.2 Å².